The van der Waals surface area contributed by atoms with Crippen molar-refractivity contribution in [1.82, 2.24) is 4.98 Å². The molecule has 2 aromatic heterocycles. The van der Waals surface area contributed by atoms with Gasteiger partial charge in [-0.15, -0.1) is 23.1 Å². The molecule has 19 heavy (non-hydrogen) atoms. The minimum absolute atomic E-state index is 0.175. The number of rotatable bonds is 2. The molecule has 0 aromatic carbocycles. The molecular weight excluding hydrogens is 291 g/mol. The van der Waals surface area contributed by atoms with Crippen LogP contribution in [-0.2, 0) is 6.18 Å². The highest BCUT2D eigenvalue weighted by Gasteiger charge is 2.35. The van der Waals surface area contributed by atoms with Crippen molar-refractivity contribution < 1.29 is 13.2 Å². The molecule has 0 aliphatic heterocycles. The van der Waals surface area contributed by atoms with Crippen LogP contribution >= 0.6 is 23.1 Å². The topological polar surface area (TPSA) is 12.9 Å². The Morgan fingerprint density at radius 1 is 1.37 bits per heavy atom. The largest absolute Gasteiger partial charge is 0.425 e. The first kappa shape index (κ1) is 13.2. The lowest BCUT2D eigenvalue weighted by Crippen LogP contribution is -2.28. The number of hydrogen-bond acceptors (Lipinski definition) is 3. The van der Waals surface area contributed by atoms with Gasteiger partial charge in [0.25, 0.3) is 0 Å². The van der Waals surface area contributed by atoms with Gasteiger partial charge in [0.2, 0.25) is 0 Å². The molecule has 0 unspecified atom stereocenters. The molecule has 3 rings (SSSR count). The Balaban J connectivity index is 2.02. The highest BCUT2D eigenvalue weighted by Crippen LogP contribution is 2.49. The third-order valence-corrected chi connectivity index (χ3v) is 6.01. The molecule has 1 aliphatic rings. The van der Waals surface area contributed by atoms with Crippen molar-refractivity contribution in [2.75, 3.05) is 0 Å². The Bertz CT molecular complexity index is 614. The van der Waals surface area contributed by atoms with Crippen LogP contribution in [0.2, 0.25) is 0 Å². The van der Waals surface area contributed by atoms with E-state index in [1.165, 1.54) is 12.5 Å². The Morgan fingerprint density at radius 3 is 2.68 bits per heavy atom. The van der Waals surface area contributed by atoms with Crippen molar-refractivity contribution in [1.29, 1.82) is 0 Å². The summed E-state index contributed by atoms with van der Waals surface area (Å²) in [5.74, 6) is 0. The van der Waals surface area contributed by atoms with E-state index in [9.17, 15) is 13.2 Å². The minimum Gasteiger partial charge on any atom is -0.245 e. The third kappa shape index (κ3) is 2.48. The van der Waals surface area contributed by atoms with Crippen LogP contribution in [0.1, 0.15) is 31.1 Å². The molecule has 6 heteroatoms. The molecule has 1 aliphatic carbocycles. The molecule has 0 saturated heterocycles. The van der Waals surface area contributed by atoms with Crippen molar-refractivity contribution in [3.63, 3.8) is 0 Å². The number of alkyl halides is 3. The number of thioether (sulfide) groups is 1. The standard InChI is InChI=1S/C13H12F3NS2/c1-12(4-2-5-12)19-9-3-6-17-11-8(9)7-10(18-11)13(14,15)16/h3,6-7H,2,4-5H2,1H3. The average Bonchev–Trinajstić information content (AvgIpc) is 2.71. The van der Waals surface area contributed by atoms with Gasteiger partial charge in [0.1, 0.15) is 9.71 Å². The Hall–Kier alpha value is -0.750. The minimum atomic E-state index is -4.28. The molecule has 0 radical (unpaired) electrons. The lowest BCUT2D eigenvalue weighted by molar-refractivity contribution is -0.134. The molecule has 2 aromatic rings. The van der Waals surface area contributed by atoms with Gasteiger partial charge in [-0.2, -0.15) is 13.2 Å². The van der Waals surface area contributed by atoms with E-state index in [0.717, 1.165) is 29.1 Å². The van der Waals surface area contributed by atoms with Crippen molar-refractivity contribution in [2.45, 2.75) is 42.0 Å². The molecule has 1 nitrogen and oxygen atoms in total. The fourth-order valence-electron chi connectivity index (χ4n) is 2.19. The van der Waals surface area contributed by atoms with Gasteiger partial charge >= 0.3 is 6.18 Å². The molecule has 2 heterocycles. The third-order valence-electron chi connectivity index (χ3n) is 3.44. The van der Waals surface area contributed by atoms with Gasteiger partial charge in [-0.05, 0) is 25.0 Å². The fourth-order valence-corrected chi connectivity index (χ4v) is 4.56. The van der Waals surface area contributed by atoms with Crippen molar-refractivity contribution in [3.8, 4) is 0 Å². The van der Waals surface area contributed by atoms with Crippen LogP contribution in [0.3, 0.4) is 0 Å². The summed E-state index contributed by atoms with van der Waals surface area (Å²) in [5.41, 5.74) is 0. The van der Waals surface area contributed by atoms with E-state index in [1.807, 2.05) is 6.07 Å². The van der Waals surface area contributed by atoms with Crippen LogP contribution in [0.4, 0.5) is 13.2 Å². The first-order valence-corrected chi connectivity index (χ1v) is 7.65. The highest BCUT2D eigenvalue weighted by molar-refractivity contribution is 8.01. The zero-order valence-electron chi connectivity index (χ0n) is 10.3. The second-order valence-electron chi connectivity index (χ2n) is 5.04. The quantitative estimate of drug-likeness (QED) is 0.741. The summed E-state index contributed by atoms with van der Waals surface area (Å²) < 4.78 is 38.4. The maximum absolute atomic E-state index is 12.7. The number of halogens is 3. The van der Waals surface area contributed by atoms with Gasteiger partial charge in [0.15, 0.2) is 0 Å². The van der Waals surface area contributed by atoms with Crippen molar-refractivity contribution >= 4 is 33.3 Å². The van der Waals surface area contributed by atoms with Crippen LogP contribution in [0.25, 0.3) is 10.2 Å². The van der Waals surface area contributed by atoms with Gasteiger partial charge < -0.3 is 0 Å². The normalized spacial score (nSPS) is 18.5. The summed E-state index contributed by atoms with van der Waals surface area (Å²) in [7, 11) is 0. The van der Waals surface area contributed by atoms with Crippen LogP contribution < -0.4 is 0 Å². The van der Waals surface area contributed by atoms with E-state index >= 15 is 0 Å². The molecule has 1 fully saturated rings. The maximum atomic E-state index is 12.7. The molecule has 1 saturated carbocycles. The van der Waals surface area contributed by atoms with E-state index in [-0.39, 0.29) is 4.75 Å². The summed E-state index contributed by atoms with van der Waals surface area (Å²) in [6.45, 7) is 2.17. The summed E-state index contributed by atoms with van der Waals surface area (Å²) in [6, 6.07) is 3.06. The molecule has 0 amide bonds. The van der Waals surface area contributed by atoms with Crippen LogP contribution in [-0.4, -0.2) is 9.73 Å². The molecule has 0 atom stereocenters. The number of thiophene rings is 1. The number of pyridine rings is 1. The molecule has 0 spiro atoms. The van der Waals surface area contributed by atoms with Crippen molar-refractivity contribution in [3.05, 3.63) is 23.2 Å². The molecule has 0 bridgehead atoms. The van der Waals surface area contributed by atoms with E-state index in [2.05, 4.69) is 11.9 Å². The predicted molar refractivity (Wildman–Crippen MR) is 72.7 cm³/mol. The summed E-state index contributed by atoms with van der Waals surface area (Å²) in [6.07, 6.45) is 0.766. The molecule has 102 valence electrons. The van der Waals surface area contributed by atoms with Crippen molar-refractivity contribution in [2.24, 2.45) is 0 Å². The predicted octanol–water partition coefficient (Wildman–Crippen LogP) is 5.35. The monoisotopic (exact) mass is 303 g/mol. The van der Waals surface area contributed by atoms with E-state index < -0.39 is 11.1 Å². The molecule has 0 N–H and O–H groups in total. The number of fused-ring (bicyclic) bond motifs is 1. The van der Waals surface area contributed by atoms with Crippen LogP contribution in [0, 0.1) is 0 Å². The van der Waals surface area contributed by atoms with Crippen LogP contribution in [0.5, 0.6) is 0 Å². The van der Waals surface area contributed by atoms with E-state index in [4.69, 9.17) is 0 Å². The lowest BCUT2D eigenvalue weighted by Gasteiger charge is -2.37. The lowest BCUT2D eigenvalue weighted by atomic mass is 9.86. The summed E-state index contributed by atoms with van der Waals surface area (Å²) in [5, 5.41) is 0.637. The Labute approximate surface area is 117 Å². The number of hydrogen-bond donors (Lipinski definition) is 0. The molecular formula is C13H12F3NS2. The SMILES string of the molecule is CC1(Sc2ccnc3sc(C(F)(F)F)cc23)CCC1. The first-order chi connectivity index (χ1) is 8.87. The average molecular weight is 303 g/mol. The number of nitrogens with zero attached hydrogens (tertiary/aromatic N) is 1. The van der Waals surface area contributed by atoms with Gasteiger partial charge in [-0.3, -0.25) is 0 Å². The van der Waals surface area contributed by atoms with Crippen LogP contribution in [0.15, 0.2) is 23.2 Å². The smallest absolute Gasteiger partial charge is 0.245 e. The zero-order chi connectivity index (χ0) is 13.7. The second kappa shape index (κ2) is 4.38. The fraction of sp³-hybridized carbons (Fsp3) is 0.462. The first-order valence-electron chi connectivity index (χ1n) is 6.02. The van der Waals surface area contributed by atoms with Gasteiger partial charge in [0.05, 0.1) is 0 Å². The Morgan fingerprint density at radius 2 is 2.11 bits per heavy atom. The van der Waals surface area contributed by atoms with Gasteiger partial charge in [0, 0.05) is 21.2 Å². The second-order valence-corrected chi connectivity index (χ2v) is 7.70. The number of aromatic nitrogens is 1. The van der Waals surface area contributed by atoms with E-state index in [0.29, 0.717) is 10.2 Å². The summed E-state index contributed by atoms with van der Waals surface area (Å²) in [4.78, 5) is 4.88. The van der Waals surface area contributed by atoms with E-state index in [1.54, 1.807) is 18.0 Å². The highest BCUT2D eigenvalue weighted by atomic mass is 32.2. The Kier molecular flexibility index (Phi) is 3.05. The van der Waals surface area contributed by atoms with Gasteiger partial charge in [-0.1, -0.05) is 13.3 Å². The zero-order valence-corrected chi connectivity index (χ0v) is 11.9. The van der Waals surface area contributed by atoms with Gasteiger partial charge in [-0.25, -0.2) is 4.98 Å². The summed E-state index contributed by atoms with van der Waals surface area (Å²) >= 11 is 2.41. The maximum Gasteiger partial charge on any atom is 0.425 e.